The van der Waals surface area contributed by atoms with Gasteiger partial charge in [0.1, 0.15) is 12.2 Å². The zero-order valence-electron chi connectivity index (χ0n) is 22.4. The second-order valence-electron chi connectivity index (χ2n) is 10.8. The SMILES string of the molecule is CC1=C(C(=O)OCC2CCCO2)C(c2coc3ccc(Cl)cc3c2=O)C2=C(CC(c3ccc(C)cc3)CC2=O)N1. The number of hydrogen-bond donors (Lipinski definition) is 1. The molecule has 206 valence electrons. The van der Waals surface area contributed by atoms with Crippen molar-refractivity contribution in [1.82, 2.24) is 5.32 Å². The Bertz CT molecular complexity index is 1630. The highest BCUT2D eigenvalue weighted by Crippen LogP contribution is 2.45. The first-order valence-electron chi connectivity index (χ1n) is 13.6. The molecule has 3 aliphatic rings. The van der Waals surface area contributed by atoms with Crippen molar-refractivity contribution in [2.24, 2.45) is 0 Å². The molecule has 3 aromatic rings. The van der Waals surface area contributed by atoms with Crippen molar-refractivity contribution in [2.75, 3.05) is 13.2 Å². The largest absolute Gasteiger partial charge is 0.464 e. The summed E-state index contributed by atoms with van der Waals surface area (Å²) in [5, 5.41) is 4.01. The number of benzene rings is 2. The summed E-state index contributed by atoms with van der Waals surface area (Å²) in [6.45, 7) is 4.56. The number of halogens is 1. The van der Waals surface area contributed by atoms with Crippen LogP contribution in [0.2, 0.25) is 5.02 Å². The molecular formula is C32H30ClNO6. The summed E-state index contributed by atoms with van der Waals surface area (Å²) < 4.78 is 17.2. The highest BCUT2D eigenvalue weighted by Gasteiger charge is 2.43. The molecule has 40 heavy (non-hydrogen) atoms. The van der Waals surface area contributed by atoms with Crippen molar-refractivity contribution in [3.05, 3.63) is 103 Å². The third-order valence-electron chi connectivity index (χ3n) is 8.09. The summed E-state index contributed by atoms with van der Waals surface area (Å²) in [5.41, 5.74) is 4.36. The van der Waals surface area contributed by atoms with Gasteiger partial charge in [0.2, 0.25) is 0 Å². The maximum atomic E-state index is 13.9. The van der Waals surface area contributed by atoms with Gasteiger partial charge in [-0.1, -0.05) is 41.4 Å². The number of esters is 1. The van der Waals surface area contributed by atoms with E-state index < -0.39 is 11.9 Å². The number of ketones is 1. The molecule has 0 spiro atoms. The van der Waals surface area contributed by atoms with Crippen LogP contribution in [0.25, 0.3) is 11.0 Å². The number of ether oxygens (including phenoxy) is 2. The topological polar surface area (TPSA) is 94.8 Å². The van der Waals surface area contributed by atoms with Crippen LogP contribution in [0.4, 0.5) is 0 Å². The summed E-state index contributed by atoms with van der Waals surface area (Å²) in [6.07, 6.45) is 3.77. The molecule has 0 bridgehead atoms. The van der Waals surface area contributed by atoms with Crippen LogP contribution in [0, 0.1) is 6.92 Å². The van der Waals surface area contributed by atoms with Gasteiger partial charge in [0.15, 0.2) is 11.2 Å². The van der Waals surface area contributed by atoms with E-state index >= 15 is 0 Å². The van der Waals surface area contributed by atoms with Gasteiger partial charge in [-0.05, 0) is 62.8 Å². The molecule has 7 nitrogen and oxygen atoms in total. The Morgan fingerprint density at radius 3 is 2.65 bits per heavy atom. The number of hydrogen-bond acceptors (Lipinski definition) is 7. The fourth-order valence-corrected chi connectivity index (χ4v) is 6.21. The van der Waals surface area contributed by atoms with Crippen molar-refractivity contribution in [3.8, 4) is 0 Å². The minimum atomic E-state index is -0.931. The molecule has 2 aliphatic heterocycles. The lowest BCUT2D eigenvalue weighted by molar-refractivity contribution is -0.142. The average molecular weight is 560 g/mol. The monoisotopic (exact) mass is 559 g/mol. The summed E-state index contributed by atoms with van der Waals surface area (Å²) in [7, 11) is 0. The summed E-state index contributed by atoms with van der Waals surface area (Å²) in [4.78, 5) is 41.4. The number of aryl methyl sites for hydroxylation is 1. The van der Waals surface area contributed by atoms with Crippen LogP contribution in [-0.4, -0.2) is 31.1 Å². The summed E-state index contributed by atoms with van der Waals surface area (Å²) in [5.74, 6) is -1.66. The summed E-state index contributed by atoms with van der Waals surface area (Å²) >= 11 is 6.20. The number of nitrogens with one attached hydrogen (secondary N) is 1. The van der Waals surface area contributed by atoms with Crippen LogP contribution in [0.1, 0.15) is 61.1 Å². The Kier molecular flexibility index (Phi) is 7.11. The van der Waals surface area contributed by atoms with Crippen LogP contribution >= 0.6 is 11.6 Å². The van der Waals surface area contributed by atoms with Gasteiger partial charge in [0.25, 0.3) is 0 Å². The van der Waals surface area contributed by atoms with Crippen LogP contribution < -0.4 is 10.7 Å². The van der Waals surface area contributed by atoms with Gasteiger partial charge in [-0.3, -0.25) is 9.59 Å². The normalized spacial score (nSPS) is 22.9. The van der Waals surface area contributed by atoms with Crippen LogP contribution in [0.3, 0.4) is 0 Å². The van der Waals surface area contributed by atoms with Crippen molar-refractivity contribution in [1.29, 1.82) is 0 Å². The van der Waals surface area contributed by atoms with E-state index in [1.165, 1.54) is 6.26 Å². The molecule has 1 aromatic heterocycles. The number of allylic oxidation sites excluding steroid dienone is 3. The number of Topliss-reactive ketones (excluding diaryl/α,β-unsaturated/α-hetero) is 1. The minimum Gasteiger partial charge on any atom is -0.464 e. The molecule has 0 amide bonds. The van der Waals surface area contributed by atoms with Gasteiger partial charge in [-0.25, -0.2) is 4.79 Å². The Balaban J connectivity index is 1.44. The van der Waals surface area contributed by atoms with Crippen LogP contribution in [0.5, 0.6) is 0 Å². The fourth-order valence-electron chi connectivity index (χ4n) is 6.03. The molecule has 3 atom stereocenters. The van der Waals surface area contributed by atoms with Crippen molar-refractivity contribution < 1.29 is 23.5 Å². The van der Waals surface area contributed by atoms with E-state index in [1.54, 1.807) is 25.1 Å². The zero-order valence-corrected chi connectivity index (χ0v) is 23.2. The van der Waals surface area contributed by atoms with Gasteiger partial charge in [-0.2, -0.15) is 0 Å². The molecule has 1 aliphatic carbocycles. The quantitative estimate of drug-likeness (QED) is 0.392. The highest BCUT2D eigenvalue weighted by molar-refractivity contribution is 6.31. The number of carbonyl (C=O) groups is 2. The van der Waals surface area contributed by atoms with Gasteiger partial charge >= 0.3 is 5.97 Å². The lowest BCUT2D eigenvalue weighted by Gasteiger charge is -2.36. The summed E-state index contributed by atoms with van der Waals surface area (Å²) in [6, 6.07) is 13.0. The molecule has 1 N–H and O–H groups in total. The Morgan fingerprint density at radius 1 is 1.10 bits per heavy atom. The maximum Gasteiger partial charge on any atom is 0.336 e. The Morgan fingerprint density at radius 2 is 1.90 bits per heavy atom. The highest BCUT2D eigenvalue weighted by atomic mass is 35.5. The van der Waals surface area contributed by atoms with Crippen molar-refractivity contribution in [2.45, 2.75) is 57.5 Å². The molecular weight excluding hydrogens is 530 g/mol. The second kappa shape index (κ2) is 10.7. The Hall–Kier alpha value is -3.68. The van der Waals surface area contributed by atoms with Crippen LogP contribution in [0.15, 0.2) is 80.5 Å². The maximum absolute atomic E-state index is 13.9. The van der Waals surface area contributed by atoms with E-state index in [-0.39, 0.29) is 52.8 Å². The third kappa shape index (κ3) is 4.88. The van der Waals surface area contributed by atoms with Gasteiger partial charge in [-0.15, -0.1) is 0 Å². The molecule has 0 saturated carbocycles. The molecule has 6 rings (SSSR count). The van der Waals surface area contributed by atoms with E-state index in [9.17, 15) is 14.4 Å². The molecule has 1 saturated heterocycles. The van der Waals surface area contributed by atoms with E-state index in [4.69, 9.17) is 25.5 Å². The molecule has 2 aromatic carbocycles. The fraction of sp³-hybridized carbons (Fsp3) is 0.344. The van der Waals surface area contributed by atoms with Crippen LogP contribution in [-0.2, 0) is 19.1 Å². The van der Waals surface area contributed by atoms with Gasteiger partial charge in [0, 0.05) is 40.6 Å². The average Bonchev–Trinajstić information content (AvgIpc) is 3.46. The van der Waals surface area contributed by atoms with E-state index in [0.717, 1.165) is 24.0 Å². The molecule has 1 fully saturated rings. The molecule has 8 heteroatoms. The van der Waals surface area contributed by atoms with Crippen molar-refractivity contribution >= 4 is 34.3 Å². The first-order chi connectivity index (χ1) is 19.3. The lowest BCUT2D eigenvalue weighted by Crippen LogP contribution is -2.38. The predicted molar refractivity (Wildman–Crippen MR) is 151 cm³/mol. The minimum absolute atomic E-state index is 0.0207. The number of fused-ring (bicyclic) bond motifs is 1. The first kappa shape index (κ1) is 26.5. The second-order valence-corrected chi connectivity index (χ2v) is 11.3. The Labute approximate surface area is 236 Å². The number of dihydropyridines is 1. The molecule has 3 heterocycles. The lowest BCUT2D eigenvalue weighted by atomic mass is 9.72. The van der Waals surface area contributed by atoms with Crippen molar-refractivity contribution in [3.63, 3.8) is 0 Å². The predicted octanol–water partition coefficient (Wildman–Crippen LogP) is 5.84. The van der Waals surface area contributed by atoms with Gasteiger partial charge < -0.3 is 19.2 Å². The molecule has 0 radical (unpaired) electrons. The van der Waals surface area contributed by atoms with Gasteiger partial charge in [0.05, 0.1) is 29.2 Å². The van der Waals surface area contributed by atoms with E-state index in [2.05, 4.69) is 17.4 Å². The van der Waals surface area contributed by atoms with E-state index in [0.29, 0.717) is 40.6 Å². The van der Waals surface area contributed by atoms with E-state index in [1.807, 2.05) is 19.1 Å². The number of carbonyl (C=O) groups excluding carboxylic acids is 2. The first-order valence-corrected chi connectivity index (χ1v) is 14.0. The standard InChI is InChI=1S/C32H30ClNO6/c1-17-5-7-19(8-6-17)20-12-25-30(26(35)13-20)29(24-16-39-27-10-9-21(33)14-23(27)31(24)36)28(18(2)34-25)32(37)40-15-22-4-3-11-38-22/h5-10,14,16,20,22,29,34H,3-4,11-13,15H2,1-2H3. The smallest absolute Gasteiger partial charge is 0.336 e. The third-order valence-corrected chi connectivity index (χ3v) is 8.33. The molecule has 3 unspecified atom stereocenters. The number of rotatable bonds is 5. The zero-order chi connectivity index (χ0) is 28.0.